The third-order valence-corrected chi connectivity index (χ3v) is 2.98. The second-order valence-corrected chi connectivity index (χ2v) is 4.87. The van der Waals surface area contributed by atoms with Crippen molar-refractivity contribution >= 4 is 5.69 Å². The van der Waals surface area contributed by atoms with Crippen LogP contribution < -0.4 is 10.5 Å². The van der Waals surface area contributed by atoms with Crippen molar-refractivity contribution in [1.82, 2.24) is 9.78 Å². The molecule has 0 aliphatic carbocycles. The minimum absolute atomic E-state index is 0.0405. The lowest BCUT2D eigenvalue weighted by Gasteiger charge is -2.16. The lowest BCUT2D eigenvalue weighted by molar-refractivity contribution is -0.139. The molecule has 2 aromatic rings. The van der Waals surface area contributed by atoms with Crippen LogP contribution in [-0.2, 0) is 12.8 Å². The van der Waals surface area contributed by atoms with Crippen LogP contribution in [0.4, 0.5) is 18.9 Å². The molecule has 2 rings (SSSR count). The molecule has 0 bridgehead atoms. The average molecular weight is 299 g/mol. The Bertz CT molecular complexity index is 620. The van der Waals surface area contributed by atoms with Crippen LogP contribution in [0.5, 0.6) is 5.75 Å². The first kappa shape index (κ1) is 15.2. The van der Waals surface area contributed by atoms with Gasteiger partial charge in [-0.1, -0.05) is 12.1 Å². The molecule has 0 spiro atoms. The van der Waals surface area contributed by atoms with Gasteiger partial charge in [-0.3, -0.25) is 4.68 Å². The van der Waals surface area contributed by atoms with E-state index in [1.807, 2.05) is 13.8 Å². The van der Waals surface area contributed by atoms with E-state index in [0.29, 0.717) is 11.4 Å². The Kier molecular flexibility index (Phi) is 4.11. The fourth-order valence-electron chi connectivity index (χ4n) is 1.97. The zero-order valence-electron chi connectivity index (χ0n) is 11.7. The van der Waals surface area contributed by atoms with Gasteiger partial charge < -0.3 is 10.5 Å². The number of hydrogen-bond acceptors (Lipinski definition) is 3. The number of halogens is 3. The number of nitrogens with two attached hydrogens (primary N) is 1. The summed E-state index contributed by atoms with van der Waals surface area (Å²) < 4.78 is 45.6. The zero-order valence-corrected chi connectivity index (χ0v) is 11.7. The van der Waals surface area contributed by atoms with E-state index >= 15 is 0 Å². The van der Waals surface area contributed by atoms with Gasteiger partial charge in [0, 0.05) is 6.04 Å². The normalized spacial score (nSPS) is 11.9. The summed E-state index contributed by atoms with van der Waals surface area (Å²) in [5.74, 6) is -0.221. The van der Waals surface area contributed by atoms with Crippen LogP contribution in [-0.4, -0.2) is 9.78 Å². The second-order valence-electron chi connectivity index (χ2n) is 4.87. The van der Waals surface area contributed by atoms with Gasteiger partial charge in [0.05, 0.1) is 23.1 Å². The molecule has 0 fully saturated rings. The van der Waals surface area contributed by atoms with Crippen molar-refractivity contribution in [2.45, 2.75) is 32.7 Å². The topological polar surface area (TPSA) is 53.1 Å². The van der Waals surface area contributed by atoms with E-state index in [2.05, 4.69) is 5.10 Å². The standard InChI is InChI=1S/C14H16F3N3O/c1-9(2)20-12(11(18)7-19-20)8-21-13-6-4-3-5-10(13)14(15,16)17/h3-7,9H,8,18H2,1-2H3. The molecule has 0 aliphatic heterocycles. The fourth-order valence-corrected chi connectivity index (χ4v) is 1.97. The molecule has 2 N–H and O–H groups in total. The van der Waals surface area contributed by atoms with Crippen molar-refractivity contribution in [3.63, 3.8) is 0 Å². The van der Waals surface area contributed by atoms with Gasteiger partial charge in [0.2, 0.25) is 0 Å². The second kappa shape index (κ2) is 5.67. The molecule has 0 aliphatic rings. The van der Waals surface area contributed by atoms with E-state index in [0.717, 1.165) is 6.07 Å². The van der Waals surface area contributed by atoms with Crippen LogP contribution in [0, 0.1) is 0 Å². The number of ether oxygens (including phenoxy) is 1. The molecule has 21 heavy (non-hydrogen) atoms. The van der Waals surface area contributed by atoms with Crippen LogP contribution in [0.3, 0.4) is 0 Å². The van der Waals surface area contributed by atoms with Crippen molar-refractivity contribution in [3.8, 4) is 5.75 Å². The molecule has 114 valence electrons. The average Bonchev–Trinajstić information content (AvgIpc) is 2.77. The van der Waals surface area contributed by atoms with Crippen molar-refractivity contribution in [3.05, 3.63) is 41.7 Å². The highest BCUT2D eigenvalue weighted by molar-refractivity contribution is 5.41. The Labute approximate surface area is 120 Å². The molecule has 0 saturated heterocycles. The van der Waals surface area contributed by atoms with Crippen molar-refractivity contribution in [2.24, 2.45) is 0 Å². The molecular weight excluding hydrogens is 283 g/mol. The van der Waals surface area contributed by atoms with Gasteiger partial charge >= 0.3 is 6.18 Å². The summed E-state index contributed by atoms with van der Waals surface area (Å²) in [5, 5.41) is 4.09. The summed E-state index contributed by atoms with van der Waals surface area (Å²) in [5.41, 5.74) is 5.93. The number of para-hydroxylation sites is 1. The number of hydrogen-bond donors (Lipinski definition) is 1. The number of aromatic nitrogens is 2. The lowest BCUT2D eigenvalue weighted by Crippen LogP contribution is -2.13. The molecule has 1 aromatic heterocycles. The summed E-state index contributed by atoms with van der Waals surface area (Å²) >= 11 is 0. The zero-order chi connectivity index (χ0) is 15.6. The fraction of sp³-hybridized carbons (Fsp3) is 0.357. The predicted molar refractivity (Wildman–Crippen MR) is 72.8 cm³/mol. The van der Waals surface area contributed by atoms with Gasteiger partial charge in [-0.25, -0.2) is 0 Å². The van der Waals surface area contributed by atoms with E-state index in [4.69, 9.17) is 10.5 Å². The smallest absolute Gasteiger partial charge is 0.419 e. The van der Waals surface area contributed by atoms with Crippen LogP contribution >= 0.6 is 0 Å². The van der Waals surface area contributed by atoms with Gasteiger partial charge in [0.25, 0.3) is 0 Å². The molecule has 1 heterocycles. The van der Waals surface area contributed by atoms with Gasteiger partial charge in [-0.15, -0.1) is 0 Å². The molecule has 0 atom stereocenters. The predicted octanol–water partition coefficient (Wildman–Crippen LogP) is 3.64. The molecule has 1 aromatic carbocycles. The maximum absolute atomic E-state index is 12.9. The van der Waals surface area contributed by atoms with E-state index < -0.39 is 11.7 Å². The third kappa shape index (κ3) is 3.29. The maximum atomic E-state index is 12.9. The molecule has 0 amide bonds. The van der Waals surface area contributed by atoms with Gasteiger partial charge in [0.1, 0.15) is 12.4 Å². The monoisotopic (exact) mass is 299 g/mol. The molecular formula is C14H16F3N3O. The molecule has 7 heteroatoms. The van der Waals surface area contributed by atoms with E-state index in [9.17, 15) is 13.2 Å². The largest absolute Gasteiger partial charge is 0.487 e. The Morgan fingerprint density at radius 1 is 1.29 bits per heavy atom. The van der Waals surface area contributed by atoms with Crippen LogP contribution in [0.1, 0.15) is 31.1 Å². The summed E-state index contributed by atoms with van der Waals surface area (Å²) in [6.07, 6.45) is -2.99. The van der Waals surface area contributed by atoms with Gasteiger partial charge in [-0.2, -0.15) is 18.3 Å². The Balaban J connectivity index is 2.24. The summed E-state index contributed by atoms with van der Waals surface area (Å²) in [6.45, 7) is 3.73. The van der Waals surface area contributed by atoms with E-state index in [-0.39, 0.29) is 18.4 Å². The number of nitrogens with zero attached hydrogens (tertiary/aromatic N) is 2. The Morgan fingerprint density at radius 2 is 1.95 bits per heavy atom. The summed E-state index contributed by atoms with van der Waals surface area (Å²) in [4.78, 5) is 0. The summed E-state index contributed by atoms with van der Waals surface area (Å²) in [6, 6.07) is 5.13. The number of anilines is 1. The first-order chi connectivity index (χ1) is 9.80. The highest BCUT2D eigenvalue weighted by Gasteiger charge is 2.34. The first-order valence-corrected chi connectivity index (χ1v) is 6.41. The minimum atomic E-state index is -4.46. The number of nitrogen functional groups attached to an aromatic ring is 1. The van der Waals surface area contributed by atoms with Crippen molar-refractivity contribution in [1.29, 1.82) is 0 Å². The summed E-state index contributed by atoms with van der Waals surface area (Å²) in [7, 11) is 0. The minimum Gasteiger partial charge on any atom is -0.487 e. The number of rotatable bonds is 4. The van der Waals surface area contributed by atoms with Crippen LogP contribution in [0.25, 0.3) is 0 Å². The maximum Gasteiger partial charge on any atom is 0.419 e. The first-order valence-electron chi connectivity index (χ1n) is 6.41. The Morgan fingerprint density at radius 3 is 2.57 bits per heavy atom. The molecule has 0 saturated carbocycles. The van der Waals surface area contributed by atoms with Crippen molar-refractivity contribution in [2.75, 3.05) is 5.73 Å². The molecule has 0 radical (unpaired) electrons. The lowest BCUT2D eigenvalue weighted by atomic mass is 10.2. The molecule has 4 nitrogen and oxygen atoms in total. The van der Waals surface area contributed by atoms with Crippen LogP contribution in [0.2, 0.25) is 0 Å². The quantitative estimate of drug-likeness (QED) is 0.937. The third-order valence-electron chi connectivity index (χ3n) is 2.98. The van der Waals surface area contributed by atoms with Crippen LogP contribution in [0.15, 0.2) is 30.5 Å². The van der Waals surface area contributed by atoms with E-state index in [1.54, 1.807) is 4.68 Å². The highest BCUT2D eigenvalue weighted by atomic mass is 19.4. The molecule has 0 unspecified atom stereocenters. The number of benzene rings is 1. The number of alkyl halides is 3. The van der Waals surface area contributed by atoms with Gasteiger partial charge in [0.15, 0.2) is 0 Å². The highest BCUT2D eigenvalue weighted by Crippen LogP contribution is 2.36. The SMILES string of the molecule is CC(C)n1ncc(N)c1COc1ccccc1C(F)(F)F. The Hall–Kier alpha value is -2.18. The van der Waals surface area contributed by atoms with E-state index in [1.165, 1.54) is 24.4 Å². The van der Waals surface area contributed by atoms with Crippen molar-refractivity contribution < 1.29 is 17.9 Å². The van der Waals surface area contributed by atoms with Gasteiger partial charge in [-0.05, 0) is 26.0 Å².